The molecular weight excluding hydrogens is 295 g/mol. The SMILES string of the molecule is Cc1ccc(C)c(C(=O)COC(=O)/C=C/c2ccccc2F)c1. The number of Topliss-reactive ketones (excluding diaryl/α,β-unsaturated/α-hetero) is 1. The minimum atomic E-state index is -0.688. The summed E-state index contributed by atoms with van der Waals surface area (Å²) in [5, 5.41) is 0. The molecule has 0 aliphatic rings. The van der Waals surface area contributed by atoms with Crippen LogP contribution in [-0.4, -0.2) is 18.4 Å². The van der Waals surface area contributed by atoms with E-state index in [0.29, 0.717) is 5.56 Å². The van der Waals surface area contributed by atoms with E-state index in [2.05, 4.69) is 0 Å². The Hall–Kier alpha value is -2.75. The molecule has 0 aliphatic carbocycles. The van der Waals surface area contributed by atoms with E-state index in [1.807, 2.05) is 26.0 Å². The highest BCUT2D eigenvalue weighted by atomic mass is 19.1. The fourth-order valence-corrected chi connectivity index (χ4v) is 2.07. The first-order valence-electron chi connectivity index (χ1n) is 7.17. The molecule has 0 atom stereocenters. The lowest BCUT2D eigenvalue weighted by Gasteiger charge is -2.06. The third kappa shape index (κ3) is 4.61. The maximum Gasteiger partial charge on any atom is 0.331 e. The first kappa shape index (κ1) is 16.6. The summed E-state index contributed by atoms with van der Waals surface area (Å²) in [4.78, 5) is 23.7. The number of carbonyl (C=O) groups excluding carboxylic acids is 2. The fraction of sp³-hybridized carbons (Fsp3) is 0.158. The number of ether oxygens (including phenoxy) is 1. The van der Waals surface area contributed by atoms with Crippen LogP contribution in [0.3, 0.4) is 0 Å². The summed E-state index contributed by atoms with van der Waals surface area (Å²) >= 11 is 0. The van der Waals surface area contributed by atoms with Gasteiger partial charge in [-0.15, -0.1) is 0 Å². The minimum Gasteiger partial charge on any atom is -0.454 e. The molecule has 0 amide bonds. The molecule has 0 aromatic heterocycles. The molecule has 2 rings (SSSR count). The highest BCUT2D eigenvalue weighted by Gasteiger charge is 2.11. The Kier molecular flexibility index (Phi) is 5.41. The normalized spacial score (nSPS) is 10.7. The number of ketones is 1. The number of rotatable bonds is 5. The zero-order valence-corrected chi connectivity index (χ0v) is 13.0. The Balaban J connectivity index is 1.95. The summed E-state index contributed by atoms with van der Waals surface area (Å²) in [5.41, 5.74) is 2.62. The largest absolute Gasteiger partial charge is 0.454 e. The van der Waals surface area contributed by atoms with E-state index in [4.69, 9.17) is 4.74 Å². The molecule has 0 spiro atoms. The quantitative estimate of drug-likeness (QED) is 0.478. The zero-order chi connectivity index (χ0) is 16.8. The first-order chi connectivity index (χ1) is 11.0. The van der Waals surface area contributed by atoms with Gasteiger partial charge in [0, 0.05) is 17.2 Å². The van der Waals surface area contributed by atoms with E-state index in [-0.39, 0.29) is 18.0 Å². The van der Waals surface area contributed by atoms with Gasteiger partial charge in [-0.05, 0) is 37.6 Å². The molecule has 0 heterocycles. The van der Waals surface area contributed by atoms with E-state index in [1.165, 1.54) is 12.1 Å². The second-order valence-corrected chi connectivity index (χ2v) is 5.20. The number of aryl methyl sites for hydroxylation is 2. The van der Waals surface area contributed by atoms with Crippen LogP contribution >= 0.6 is 0 Å². The van der Waals surface area contributed by atoms with E-state index in [9.17, 15) is 14.0 Å². The van der Waals surface area contributed by atoms with Gasteiger partial charge < -0.3 is 4.74 Å². The van der Waals surface area contributed by atoms with Gasteiger partial charge in [-0.2, -0.15) is 0 Å². The number of hydrogen-bond acceptors (Lipinski definition) is 3. The van der Waals surface area contributed by atoms with E-state index >= 15 is 0 Å². The summed E-state index contributed by atoms with van der Waals surface area (Å²) in [6.07, 6.45) is 2.43. The van der Waals surface area contributed by atoms with Crippen LogP contribution in [0, 0.1) is 19.7 Å². The van der Waals surface area contributed by atoms with E-state index < -0.39 is 11.8 Å². The van der Waals surface area contributed by atoms with Crippen molar-refractivity contribution in [3.05, 3.63) is 76.6 Å². The van der Waals surface area contributed by atoms with Crippen molar-refractivity contribution in [2.75, 3.05) is 6.61 Å². The molecule has 2 aromatic rings. The second-order valence-electron chi connectivity index (χ2n) is 5.20. The molecule has 0 bridgehead atoms. The average Bonchev–Trinajstić information content (AvgIpc) is 2.54. The Labute approximate surface area is 134 Å². The van der Waals surface area contributed by atoms with E-state index in [1.54, 1.807) is 24.3 Å². The molecule has 0 saturated heterocycles. The first-order valence-corrected chi connectivity index (χ1v) is 7.17. The Morgan fingerprint density at radius 3 is 2.61 bits per heavy atom. The third-order valence-corrected chi connectivity index (χ3v) is 3.34. The van der Waals surface area contributed by atoms with Crippen LogP contribution in [0.15, 0.2) is 48.5 Å². The summed E-state index contributed by atoms with van der Waals surface area (Å²) < 4.78 is 18.3. The van der Waals surface area contributed by atoms with Gasteiger partial charge in [-0.25, -0.2) is 9.18 Å². The van der Waals surface area contributed by atoms with Gasteiger partial charge in [0.05, 0.1) is 0 Å². The minimum absolute atomic E-state index is 0.265. The number of carbonyl (C=O) groups is 2. The number of halogens is 1. The molecule has 0 unspecified atom stereocenters. The lowest BCUT2D eigenvalue weighted by Crippen LogP contribution is -2.13. The van der Waals surface area contributed by atoms with Crippen LogP contribution < -0.4 is 0 Å². The molecule has 0 fully saturated rings. The molecule has 4 heteroatoms. The molecule has 2 aromatic carbocycles. The number of esters is 1. The maximum absolute atomic E-state index is 13.4. The second kappa shape index (κ2) is 7.49. The molecule has 118 valence electrons. The maximum atomic E-state index is 13.4. The van der Waals surface area contributed by atoms with Gasteiger partial charge in [0.25, 0.3) is 0 Å². The third-order valence-electron chi connectivity index (χ3n) is 3.34. The van der Waals surface area contributed by atoms with E-state index in [0.717, 1.165) is 17.2 Å². The molecular formula is C19H17FO3. The molecule has 3 nitrogen and oxygen atoms in total. The smallest absolute Gasteiger partial charge is 0.331 e. The molecule has 0 saturated carbocycles. The van der Waals surface area contributed by atoms with Crippen LogP contribution in [0.5, 0.6) is 0 Å². The highest BCUT2D eigenvalue weighted by molar-refractivity contribution is 6.00. The van der Waals surface area contributed by atoms with Gasteiger partial charge in [0.15, 0.2) is 6.61 Å². The lowest BCUT2D eigenvalue weighted by molar-refractivity contribution is -0.136. The predicted molar refractivity (Wildman–Crippen MR) is 86.6 cm³/mol. The van der Waals surface area contributed by atoms with Crippen molar-refractivity contribution < 1.29 is 18.7 Å². The van der Waals surface area contributed by atoms with Crippen LogP contribution in [0.25, 0.3) is 6.08 Å². The molecule has 0 radical (unpaired) electrons. The predicted octanol–water partition coefficient (Wildman–Crippen LogP) is 3.88. The van der Waals surface area contributed by atoms with Gasteiger partial charge in [0.2, 0.25) is 5.78 Å². The summed E-state index contributed by atoms with van der Waals surface area (Å²) in [6, 6.07) is 11.6. The average molecular weight is 312 g/mol. The van der Waals surface area contributed by atoms with Crippen LogP contribution in [0.4, 0.5) is 4.39 Å². The Morgan fingerprint density at radius 1 is 1.13 bits per heavy atom. The topological polar surface area (TPSA) is 43.4 Å². The highest BCUT2D eigenvalue weighted by Crippen LogP contribution is 2.12. The van der Waals surface area contributed by atoms with Crippen molar-refractivity contribution in [1.82, 2.24) is 0 Å². The number of hydrogen-bond donors (Lipinski definition) is 0. The monoisotopic (exact) mass is 312 g/mol. The lowest BCUT2D eigenvalue weighted by atomic mass is 10.0. The van der Waals surface area contributed by atoms with Gasteiger partial charge >= 0.3 is 5.97 Å². The van der Waals surface area contributed by atoms with Crippen LogP contribution in [0.1, 0.15) is 27.0 Å². The Bertz CT molecular complexity index is 763. The molecule has 0 N–H and O–H groups in total. The van der Waals surface area contributed by atoms with Gasteiger partial charge in [-0.3, -0.25) is 4.79 Å². The standard InChI is InChI=1S/C19H17FO3/c1-13-7-8-14(2)16(11-13)18(21)12-23-19(22)10-9-15-5-3-4-6-17(15)20/h3-11H,12H2,1-2H3/b10-9+. The van der Waals surface area contributed by atoms with Crippen molar-refractivity contribution in [3.8, 4) is 0 Å². The van der Waals surface area contributed by atoms with Crippen LogP contribution in [-0.2, 0) is 9.53 Å². The van der Waals surface area contributed by atoms with Crippen molar-refractivity contribution >= 4 is 17.8 Å². The van der Waals surface area contributed by atoms with Gasteiger partial charge in [-0.1, -0.05) is 35.9 Å². The number of benzene rings is 2. The van der Waals surface area contributed by atoms with Gasteiger partial charge in [0.1, 0.15) is 5.82 Å². The van der Waals surface area contributed by atoms with Crippen molar-refractivity contribution in [2.24, 2.45) is 0 Å². The zero-order valence-electron chi connectivity index (χ0n) is 13.0. The Morgan fingerprint density at radius 2 is 1.87 bits per heavy atom. The summed E-state index contributed by atoms with van der Waals surface area (Å²) in [6.45, 7) is 3.37. The summed E-state index contributed by atoms with van der Waals surface area (Å²) in [7, 11) is 0. The molecule has 23 heavy (non-hydrogen) atoms. The summed E-state index contributed by atoms with van der Waals surface area (Å²) in [5.74, 6) is -1.38. The van der Waals surface area contributed by atoms with Crippen LogP contribution in [0.2, 0.25) is 0 Å². The van der Waals surface area contributed by atoms with Crippen molar-refractivity contribution in [1.29, 1.82) is 0 Å². The molecule has 0 aliphatic heterocycles. The fourth-order valence-electron chi connectivity index (χ4n) is 2.07. The van der Waals surface area contributed by atoms with Crippen molar-refractivity contribution in [2.45, 2.75) is 13.8 Å². The van der Waals surface area contributed by atoms with Crippen molar-refractivity contribution in [3.63, 3.8) is 0 Å².